The van der Waals surface area contributed by atoms with Gasteiger partial charge in [0.2, 0.25) is 5.89 Å². The van der Waals surface area contributed by atoms with E-state index >= 15 is 0 Å². The van der Waals surface area contributed by atoms with E-state index in [0.29, 0.717) is 5.76 Å². The molecule has 31 heavy (non-hydrogen) atoms. The molecule has 1 heterocycles. The molecule has 2 aromatic carbocycles. The minimum Gasteiger partial charge on any atom is -0.441 e. The Bertz CT molecular complexity index is 1140. The number of aromatic nitrogens is 1. The van der Waals surface area contributed by atoms with Gasteiger partial charge in [0, 0.05) is 6.42 Å². The van der Waals surface area contributed by atoms with E-state index in [1.807, 2.05) is 37.3 Å². The van der Waals surface area contributed by atoms with Crippen LogP contribution in [0.5, 0.6) is 0 Å². The van der Waals surface area contributed by atoms with Gasteiger partial charge in [0.1, 0.15) is 23.1 Å². The summed E-state index contributed by atoms with van der Waals surface area (Å²) in [6.07, 6.45) is 1.87. The summed E-state index contributed by atoms with van der Waals surface area (Å²) in [7, 11) is -3.71. The summed E-state index contributed by atoms with van der Waals surface area (Å²) in [5, 5.41) is 0. The fraction of sp³-hybridized carbons (Fsp3) is 0.333. The average Bonchev–Trinajstić information content (AvgIpc) is 3.06. The third-order valence-corrected chi connectivity index (χ3v) is 6.55. The highest BCUT2D eigenvalue weighted by atomic mass is 32.2. The van der Waals surface area contributed by atoms with E-state index < -0.39 is 27.2 Å². The Kier molecular flexibility index (Phi) is 7.38. The maximum Gasteiger partial charge on any atom is 0.229 e. The fourth-order valence-electron chi connectivity index (χ4n) is 3.42. The first kappa shape index (κ1) is 22.9. The van der Waals surface area contributed by atoms with E-state index in [1.54, 1.807) is 19.1 Å². The predicted octanol–water partition coefficient (Wildman–Crippen LogP) is 4.93. The van der Waals surface area contributed by atoms with Gasteiger partial charge in [0.15, 0.2) is 9.84 Å². The van der Waals surface area contributed by atoms with Gasteiger partial charge in [-0.25, -0.2) is 17.8 Å². The molecule has 0 amide bonds. The molecule has 0 N–H and O–H groups in total. The van der Waals surface area contributed by atoms with E-state index in [9.17, 15) is 17.6 Å². The predicted molar refractivity (Wildman–Crippen MR) is 118 cm³/mol. The van der Waals surface area contributed by atoms with Crippen LogP contribution in [0.15, 0.2) is 59.0 Å². The second-order valence-electron chi connectivity index (χ2n) is 7.91. The van der Waals surface area contributed by atoms with E-state index in [2.05, 4.69) is 4.98 Å². The number of carbonyl (C=O) groups excluding carboxylic acids is 1. The van der Waals surface area contributed by atoms with Crippen LogP contribution in [0.3, 0.4) is 0 Å². The normalized spacial score (nSPS) is 12.6. The average molecular weight is 444 g/mol. The lowest BCUT2D eigenvalue weighted by Crippen LogP contribution is -2.20. The van der Waals surface area contributed by atoms with Gasteiger partial charge in [-0.1, -0.05) is 49.4 Å². The smallest absolute Gasteiger partial charge is 0.229 e. The van der Waals surface area contributed by atoms with Gasteiger partial charge in [-0.3, -0.25) is 4.79 Å². The van der Waals surface area contributed by atoms with Crippen molar-refractivity contribution >= 4 is 15.6 Å². The minimum atomic E-state index is -3.71. The van der Waals surface area contributed by atoms with E-state index in [1.165, 1.54) is 17.7 Å². The summed E-state index contributed by atoms with van der Waals surface area (Å²) >= 11 is 0. The van der Waals surface area contributed by atoms with Gasteiger partial charge in [-0.2, -0.15) is 0 Å². The molecular weight excluding hydrogens is 417 g/mol. The van der Waals surface area contributed by atoms with Crippen molar-refractivity contribution in [3.05, 3.63) is 77.4 Å². The van der Waals surface area contributed by atoms with Gasteiger partial charge in [0.25, 0.3) is 0 Å². The number of nitrogens with zero attached hydrogens (tertiary/aromatic N) is 1. The van der Waals surface area contributed by atoms with Gasteiger partial charge in [0.05, 0.1) is 17.0 Å². The van der Waals surface area contributed by atoms with Crippen molar-refractivity contribution in [3.8, 4) is 11.5 Å². The summed E-state index contributed by atoms with van der Waals surface area (Å²) in [4.78, 5) is 16.5. The Hall–Kier alpha value is -2.80. The topological polar surface area (TPSA) is 77.2 Å². The number of benzene rings is 2. The lowest BCUT2D eigenvalue weighted by Gasteiger charge is -2.10. The molecule has 0 aliphatic heterocycles. The van der Waals surface area contributed by atoms with Crippen LogP contribution >= 0.6 is 0 Å². The number of aryl methyl sites for hydroxylation is 2. The Morgan fingerprint density at radius 3 is 2.48 bits per heavy atom. The number of hydrogen-bond acceptors (Lipinski definition) is 5. The van der Waals surface area contributed by atoms with Crippen molar-refractivity contribution in [1.29, 1.82) is 0 Å². The maximum absolute atomic E-state index is 14.0. The van der Waals surface area contributed by atoms with Crippen molar-refractivity contribution in [3.63, 3.8) is 0 Å². The SMILES string of the molecule is Cc1oc(-c2ccccc2F)nc1CS(=O)(=O)CC(=O)CC(C)CCc1ccccc1. The second kappa shape index (κ2) is 10.0. The third-order valence-electron chi connectivity index (χ3n) is 5.08. The van der Waals surface area contributed by atoms with Crippen LogP contribution in [0, 0.1) is 18.7 Å². The number of rotatable bonds is 10. The molecule has 0 fully saturated rings. The highest BCUT2D eigenvalue weighted by Crippen LogP contribution is 2.25. The summed E-state index contributed by atoms with van der Waals surface area (Å²) in [6, 6.07) is 16.0. The van der Waals surface area contributed by atoms with Crippen molar-refractivity contribution in [2.24, 2.45) is 5.92 Å². The lowest BCUT2D eigenvalue weighted by molar-refractivity contribution is -0.117. The van der Waals surface area contributed by atoms with Crippen molar-refractivity contribution < 1.29 is 22.0 Å². The summed E-state index contributed by atoms with van der Waals surface area (Å²) in [6.45, 7) is 3.53. The van der Waals surface area contributed by atoms with Crippen molar-refractivity contribution in [1.82, 2.24) is 4.98 Å². The quantitative estimate of drug-likeness (QED) is 0.444. The van der Waals surface area contributed by atoms with Crippen molar-refractivity contribution in [2.45, 2.75) is 38.9 Å². The number of sulfone groups is 1. The van der Waals surface area contributed by atoms with E-state index in [4.69, 9.17) is 4.42 Å². The van der Waals surface area contributed by atoms with Crippen LogP contribution in [0.4, 0.5) is 4.39 Å². The third kappa shape index (κ3) is 6.59. The first-order valence-electron chi connectivity index (χ1n) is 10.2. The summed E-state index contributed by atoms with van der Waals surface area (Å²) < 4.78 is 44.5. The molecule has 5 nitrogen and oxygen atoms in total. The molecule has 0 saturated carbocycles. The summed E-state index contributed by atoms with van der Waals surface area (Å²) in [5.74, 6) is -1.35. The zero-order valence-electron chi connectivity index (χ0n) is 17.7. The maximum atomic E-state index is 14.0. The molecule has 1 aromatic heterocycles. The molecule has 3 rings (SSSR count). The fourth-order valence-corrected chi connectivity index (χ4v) is 4.82. The lowest BCUT2D eigenvalue weighted by atomic mass is 9.97. The first-order valence-corrected chi connectivity index (χ1v) is 12.0. The monoisotopic (exact) mass is 443 g/mol. The second-order valence-corrected chi connectivity index (χ2v) is 9.97. The van der Waals surface area contributed by atoms with Crippen molar-refractivity contribution in [2.75, 3.05) is 5.75 Å². The van der Waals surface area contributed by atoms with Gasteiger partial charge < -0.3 is 4.42 Å². The largest absolute Gasteiger partial charge is 0.441 e. The molecule has 7 heteroatoms. The van der Waals surface area contributed by atoms with Crippen LogP contribution in [-0.4, -0.2) is 24.9 Å². The molecular formula is C24H26FNO4S. The van der Waals surface area contributed by atoms with Gasteiger partial charge in [-0.15, -0.1) is 0 Å². The highest BCUT2D eigenvalue weighted by molar-refractivity contribution is 7.91. The molecule has 0 aliphatic carbocycles. The number of halogens is 1. The van der Waals surface area contributed by atoms with Crippen LogP contribution in [0.1, 0.15) is 36.8 Å². The Labute approximate surface area is 182 Å². The first-order chi connectivity index (χ1) is 14.7. The zero-order valence-corrected chi connectivity index (χ0v) is 18.5. The van der Waals surface area contributed by atoms with Crippen LogP contribution in [0.2, 0.25) is 0 Å². The zero-order chi connectivity index (χ0) is 22.4. The molecule has 3 aromatic rings. The molecule has 0 aliphatic rings. The standard InChI is InChI=1S/C24H26FNO4S/c1-17(12-13-19-8-4-3-5-9-19)14-20(27)15-31(28,29)16-23-18(2)30-24(26-23)21-10-6-7-11-22(21)25/h3-11,17H,12-16H2,1-2H3. The number of hydrogen-bond donors (Lipinski definition) is 0. The van der Waals surface area contributed by atoms with Crippen LogP contribution in [0.25, 0.3) is 11.5 Å². The van der Waals surface area contributed by atoms with Crippen LogP contribution < -0.4 is 0 Å². The molecule has 0 saturated heterocycles. The Morgan fingerprint density at radius 1 is 1.10 bits per heavy atom. The minimum absolute atomic E-state index is 0.0293. The van der Waals surface area contributed by atoms with Gasteiger partial charge >= 0.3 is 0 Å². The molecule has 164 valence electrons. The summed E-state index contributed by atoms with van der Waals surface area (Å²) in [5.41, 5.74) is 1.56. The van der Waals surface area contributed by atoms with Gasteiger partial charge in [-0.05, 0) is 43.4 Å². The van der Waals surface area contributed by atoms with E-state index in [-0.39, 0.29) is 35.3 Å². The number of ketones is 1. The molecule has 0 bridgehead atoms. The Morgan fingerprint density at radius 2 is 1.77 bits per heavy atom. The molecule has 0 spiro atoms. The number of Topliss-reactive ketones (excluding diaryl/α,β-unsaturated/α-hetero) is 1. The number of oxazole rings is 1. The van der Waals surface area contributed by atoms with Crippen LogP contribution in [-0.2, 0) is 26.8 Å². The molecule has 0 radical (unpaired) electrons. The van der Waals surface area contributed by atoms with E-state index in [0.717, 1.165) is 12.8 Å². The highest BCUT2D eigenvalue weighted by Gasteiger charge is 2.23. The number of carbonyl (C=O) groups is 1. The Balaban J connectivity index is 1.57. The molecule has 1 unspecified atom stereocenters. The molecule has 1 atom stereocenters.